The third kappa shape index (κ3) is 29.4. The molecular weight excluding hydrogens is 606 g/mol. The zero-order chi connectivity index (χ0) is 35.7. The summed E-state index contributed by atoms with van der Waals surface area (Å²) in [6.45, 7) is 4.46. The fourth-order valence-electron chi connectivity index (χ4n) is 5.09. The molecule has 1 N–H and O–H groups in total. The van der Waals surface area contributed by atoms with Crippen LogP contribution < -0.4 is 0 Å². The Labute approximate surface area is 293 Å². The van der Waals surface area contributed by atoms with Crippen molar-refractivity contribution in [2.24, 2.45) is 0 Å². The fourth-order valence-corrected chi connectivity index (χ4v) is 5.09. The summed E-state index contributed by atoms with van der Waals surface area (Å²) in [7, 11) is 5.48. The number of hydrogen-bond acceptors (Lipinski definition) is 6. The van der Waals surface area contributed by atoms with Gasteiger partial charge in [-0.05, 0) is 51.4 Å². The van der Waals surface area contributed by atoms with Crippen molar-refractivity contribution in [3.05, 3.63) is 48.6 Å². The average Bonchev–Trinajstić information content (AvgIpc) is 3.03. The number of nitrogens with zero attached hydrogens (tertiary/aromatic N) is 1. The van der Waals surface area contributed by atoms with Gasteiger partial charge >= 0.3 is 17.9 Å². The predicted octanol–water partition coefficient (Wildman–Crippen LogP) is 9.29. The van der Waals surface area contributed by atoms with E-state index in [0.29, 0.717) is 12.8 Å². The molecule has 0 amide bonds. The summed E-state index contributed by atoms with van der Waals surface area (Å²) in [5.41, 5.74) is 0. The van der Waals surface area contributed by atoms with Gasteiger partial charge < -0.3 is 23.8 Å². The minimum absolute atomic E-state index is 0.0314. The molecule has 0 rings (SSSR count). The largest absolute Gasteiger partial charge is 0.477 e. The van der Waals surface area contributed by atoms with Crippen molar-refractivity contribution in [2.75, 3.05) is 41.0 Å². The molecule has 0 aliphatic carbocycles. The normalized spacial score (nSPS) is 13.6. The van der Waals surface area contributed by atoms with Crippen molar-refractivity contribution in [1.82, 2.24) is 0 Å². The number of quaternary nitrogens is 1. The average molecular weight is 677 g/mol. The van der Waals surface area contributed by atoms with Crippen LogP contribution in [0.4, 0.5) is 0 Å². The van der Waals surface area contributed by atoms with Crippen LogP contribution in [0.25, 0.3) is 0 Å². The standard InChI is InChI=1S/C40H69NO7/c1-6-8-10-12-14-16-17-18-19-20-21-23-25-27-29-31-39(43)48-36(34-46-33-32-37(40(44)45)41(3,4)5)35-47-38(42)30-28-26-24-22-15-13-11-9-7-2/h9,11,15-17,22,26,28,36-37H,6-8,10,12-14,18-21,23-25,27,29-35H2,1-5H3/p+1/b11-9+,17-16+,22-15+,28-26+. The minimum atomic E-state index is -0.888. The first-order valence-corrected chi connectivity index (χ1v) is 18.7. The van der Waals surface area contributed by atoms with Gasteiger partial charge in [0.25, 0.3) is 0 Å². The Morgan fingerprint density at radius 3 is 1.81 bits per heavy atom. The smallest absolute Gasteiger partial charge is 0.362 e. The number of allylic oxidation sites excluding steroid dienone is 7. The van der Waals surface area contributed by atoms with Crippen LogP contribution in [-0.4, -0.2) is 80.6 Å². The number of ether oxygens (including phenoxy) is 3. The van der Waals surface area contributed by atoms with Crippen LogP contribution in [0.1, 0.15) is 136 Å². The number of aliphatic carboxylic acids is 1. The van der Waals surface area contributed by atoms with Gasteiger partial charge in [0.1, 0.15) is 6.61 Å². The highest BCUT2D eigenvalue weighted by Gasteiger charge is 2.31. The molecule has 8 nitrogen and oxygen atoms in total. The highest BCUT2D eigenvalue weighted by Crippen LogP contribution is 2.13. The Balaban J connectivity index is 4.49. The first-order valence-electron chi connectivity index (χ1n) is 18.7. The highest BCUT2D eigenvalue weighted by molar-refractivity contribution is 5.72. The Bertz CT molecular complexity index is 932. The molecular formula is C40H70NO7+. The van der Waals surface area contributed by atoms with Crippen molar-refractivity contribution in [1.29, 1.82) is 0 Å². The Morgan fingerprint density at radius 2 is 1.23 bits per heavy atom. The van der Waals surface area contributed by atoms with E-state index in [-0.39, 0.29) is 36.7 Å². The molecule has 0 aromatic carbocycles. The van der Waals surface area contributed by atoms with Crippen molar-refractivity contribution < 1.29 is 38.2 Å². The van der Waals surface area contributed by atoms with Crippen LogP contribution in [0.15, 0.2) is 48.6 Å². The number of carbonyl (C=O) groups excluding carboxylic acids is 2. The third-order valence-electron chi connectivity index (χ3n) is 8.00. The van der Waals surface area contributed by atoms with Crippen molar-refractivity contribution in [3.63, 3.8) is 0 Å². The summed E-state index contributed by atoms with van der Waals surface area (Å²) in [5, 5.41) is 9.56. The molecule has 0 aromatic heterocycles. The van der Waals surface area contributed by atoms with Crippen LogP contribution in [0, 0.1) is 0 Å². The van der Waals surface area contributed by atoms with Gasteiger partial charge in [-0.3, -0.25) is 9.59 Å². The molecule has 0 fully saturated rings. The minimum Gasteiger partial charge on any atom is -0.477 e. The van der Waals surface area contributed by atoms with Crippen molar-refractivity contribution in [2.45, 2.75) is 148 Å². The summed E-state index contributed by atoms with van der Waals surface area (Å²) in [5.74, 6) is -1.63. The lowest BCUT2D eigenvalue weighted by molar-refractivity contribution is -0.887. The molecule has 2 atom stereocenters. The van der Waals surface area contributed by atoms with E-state index in [9.17, 15) is 19.5 Å². The predicted molar refractivity (Wildman–Crippen MR) is 197 cm³/mol. The van der Waals surface area contributed by atoms with Gasteiger partial charge in [0.05, 0.1) is 40.8 Å². The molecule has 48 heavy (non-hydrogen) atoms. The molecule has 0 saturated heterocycles. The van der Waals surface area contributed by atoms with E-state index in [1.165, 1.54) is 64.2 Å². The second-order valence-electron chi connectivity index (χ2n) is 13.5. The first-order chi connectivity index (χ1) is 23.1. The Morgan fingerprint density at radius 1 is 0.667 bits per heavy atom. The molecule has 0 spiro atoms. The van der Waals surface area contributed by atoms with Gasteiger partial charge in [0, 0.05) is 12.8 Å². The second kappa shape index (κ2) is 31.6. The second-order valence-corrected chi connectivity index (χ2v) is 13.5. The summed E-state index contributed by atoms with van der Waals surface area (Å²) in [6.07, 6.45) is 34.8. The van der Waals surface area contributed by atoms with E-state index in [1.807, 2.05) is 27.2 Å². The summed E-state index contributed by atoms with van der Waals surface area (Å²) in [6, 6.07) is -0.625. The number of carboxylic acids is 1. The first kappa shape index (κ1) is 45.3. The van der Waals surface area contributed by atoms with E-state index in [4.69, 9.17) is 14.2 Å². The Hall–Kier alpha value is -2.71. The van der Waals surface area contributed by atoms with E-state index >= 15 is 0 Å². The zero-order valence-electron chi connectivity index (χ0n) is 31.2. The van der Waals surface area contributed by atoms with Crippen molar-refractivity contribution >= 4 is 17.9 Å². The number of rotatable bonds is 32. The van der Waals surface area contributed by atoms with Gasteiger partial charge in [-0.25, -0.2) is 4.79 Å². The quantitative estimate of drug-likeness (QED) is 0.0328. The molecule has 0 aromatic rings. The van der Waals surface area contributed by atoms with E-state index in [0.717, 1.165) is 38.5 Å². The zero-order valence-corrected chi connectivity index (χ0v) is 31.2. The molecule has 8 heteroatoms. The molecule has 0 heterocycles. The number of unbranched alkanes of at least 4 members (excludes halogenated alkanes) is 11. The van der Waals surface area contributed by atoms with Gasteiger partial charge in [0.2, 0.25) is 0 Å². The highest BCUT2D eigenvalue weighted by atomic mass is 16.6. The molecule has 0 radical (unpaired) electrons. The van der Waals surface area contributed by atoms with Crippen LogP contribution >= 0.6 is 0 Å². The maximum absolute atomic E-state index is 12.6. The van der Waals surface area contributed by atoms with Crippen LogP contribution in [0.5, 0.6) is 0 Å². The lowest BCUT2D eigenvalue weighted by atomic mass is 10.1. The number of esters is 2. The van der Waals surface area contributed by atoms with Crippen LogP contribution in [0.2, 0.25) is 0 Å². The van der Waals surface area contributed by atoms with Crippen LogP contribution in [-0.2, 0) is 28.6 Å². The molecule has 0 saturated carbocycles. The maximum Gasteiger partial charge on any atom is 0.362 e. The topological polar surface area (TPSA) is 99.1 Å². The lowest BCUT2D eigenvalue weighted by Gasteiger charge is -2.31. The van der Waals surface area contributed by atoms with Gasteiger partial charge in [-0.1, -0.05) is 114 Å². The molecule has 0 aliphatic heterocycles. The summed E-state index contributed by atoms with van der Waals surface area (Å²) >= 11 is 0. The Kier molecular flexibility index (Phi) is 29.8. The monoisotopic (exact) mass is 677 g/mol. The van der Waals surface area contributed by atoms with Gasteiger partial charge in [-0.2, -0.15) is 0 Å². The van der Waals surface area contributed by atoms with Gasteiger partial charge in [-0.15, -0.1) is 0 Å². The maximum atomic E-state index is 12.6. The third-order valence-corrected chi connectivity index (χ3v) is 8.00. The number of carbonyl (C=O) groups is 3. The van der Waals surface area contributed by atoms with Gasteiger partial charge in [0.15, 0.2) is 12.1 Å². The molecule has 2 unspecified atom stereocenters. The summed E-state index contributed by atoms with van der Waals surface area (Å²) < 4.78 is 17.0. The SMILES string of the molecule is CC/C=C/C/C=C/C/C=C/CC(=O)OCC(COCCC(C(=O)O)[N+](C)(C)C)OC(=O)CCCCCCCCC/C=C/CCCCCC. The number of carboxylic acid groups (broad SMARTS) is 1. The number of likely N-dealkylation sites (N-methyl/N-ethyl adjacent to an activating group) is 1. The van der Waals surface area contributed by atoms with Crippen LogP contribution in [0.3, 0.4) is 0 Å². The number of hydrogen-bond donors (Lipinski definition) is 1. The summed E-state index contributed by atoms with van der Waals surface area (Å²) in [4.78, 5) is 36.6. The van der Waals surface area contributed by atoms with Crippen molar-refractivity contribution in [3.8, 4) is 0 Å². The van der Waals surface area contributed by atoms with E-state index in [2.05, 4.69) is 50.3 Å². The fraction of sp³-hybridized carbons (Fsp3) is 0.725. The lowest BCUT2D eigenvalue weighted by Crippen LogP contribution is -2.50. The molecule has 0 bridgehead atoms. The van der Waals surface area contributed by atoms with E-state index < -0.39 is 24.1 Å². The molecule has 0 aliphatic rings. The molecule has 276 valence electrons. The van der Waals surface area contributed by atoms with E-state index in [1.54, 1.807) is 6.08 Å².